The third-order valence-corrected chi connectivity index (χ3v) is 1.99. The molecule has 1 aromatic heterocycles. The first-order valence-electron chi connectivity index (χ1n) is 5.00. The van der Waals surface area contributed by atoms with Crippen molar-refractivity contribution < 1.29 is 4.84 Å². The fraction of sp³-hybridized carbons (Fsp3) is 0. The molecular weight excluding hydrogens is 200 g/mol. The molecule has 16 heavy (non-hydrogen) atoms. The van der Waals surface area contributed by atoms with E-state index in [1.54, 1.807) is 6.21 Å². The van der Waals surface area contributed by atoms with Gasteiger partial charge in [-0.2, -0.15) is 0 Å². The summed E-state index contributed by atoms with van der Waals surface area (Å²) < 4.78 is 0. The van der Waals surface area contributed by atoms with Gasteiger partial charge in [0.25, 0.3) is 0 Å². The van der Waals surface area contributed by atoms with E-state index in [4.69, 9.17) is 4.84 Å². The van der Waals surface area contributed by atoms with Crippen molar-refractivity contribution in [2.24, 2.45) is 5.16 Å². The predicted octanol–water partition coefficient (Wildman–Crippen LogP) is 3.09. The molecule has 1 aliphatic heterocycles. The Morgan fingerprint density at radius 1 is 1.00 bits per heavy atom. The number of nitrogens with zero attached hydrogens (tertiary/aromatic N) is 1. The molecular formula is C13H12N2O. The number of oxime groups is 1. The SMILES string of the molecule is C1=Cc2ccccc2ON=C1.c1cc[nH]c1. The summed E-state index contributed by atoms with van der Waals surface area (Å²) >= 11 is 0. The Bertz CT molecular complexity index is 455. The Labute approximate surface area is 94.1 Å². The van der Waals surface area contributed by atoms with Gasteiger partial charge >= 0.3 is 0 Å². The summed E-state index contributed by atoms with van der Waals surface area (Å²) in [5.74, 6) is 0.803. The molecule has 2 aromatic rings. The summed E-state index contributed by atoms with van der Waals surface area (Å²) in [5, 5.41) is 3.70. The van der Waals surface area contributed by atoms with Crippen LogP contribution in [0.1, 0.15) is 5.56 Å². The summed E-state index contributed by atoms with van der Waals surface area (Å²) in [6.07, 6.45) is 9.19. The predicted molar refractivity (Wildman–Crippen MR) is 65.4 cm³/mol. The molecule has 0 radical (unpaired) electrons. The lowest BCUT2D eigenvalue weighted by atomic mass is 10.2. The largest absolute Gasteiger partial charge is 0.368 e. The van der Waals surface area contributed by atoms with Crippen molar-refractivity contribution >= 4 is 12.3 Å². The first-order valence-corrected chi connectivity index (χ1v) is 5.00. The average molecular weight is 212 g/mol. The van der Waals surface area contributed by atoms with Gasteiger partial charge in [-0.05, 0) is 30.4 Å². The molecule has 0 atom stereocenters. The number of hydrogen-bond acceptors (Lipinski definition) is 2. The molecule has 1 aliphatic rings. The van der Waals surface area contributed by atoms with Gasteiger partial charge in [-0.3, -0.25) is 0 Å². The minimum Gasteiger partial charge on any atom is -0.368 e. The van der Waals surface area contributed by atoms with Crippen molar-refractivity contribution in [2.75, 3.05) is 0 Å². The third kappa shape index (κ3) is 2.85. The van der Waals surface area contributed by atoms with Crippen molar-refractivity contribution in [1.29, 1.82) is 0 Å². The number of aromatic amines is 1. The van der Waals surface area contributed by atoms with Crippen molar-refractivity contribution in [1.82, 2.24) is 4.98 Å². The molecule has 0 fully saturated rings. The summed E-state index contributed by atoms with van der Waals surface area (Å²) in [6, 6.07) is 11.7. The van der Waals surface area contributed by atoms with Crippen LogP contribution in [0.15, 0.2) is 60.0 Å². The lowest BCUT2D eigenvalue weighted by molar-refractivity contribution is 0.344. The molecule has 0 saturated heterocycles. The zero-order valence-corrected chi connectivity index (χ0v) is 8.71. The van der Waals surface area contributed by atoms with E-state index in [0.29, 0.717) is 0 Å². The minimum atomic E-state index is 0.803. The van der Waals surface area contributed by atoms with Gasteiger partial charge in [-0.1, -0.05) is 23.4 Å². The second-order valence-electron chi connectivity index (χ2n) is 3.13. The molecule has 80 valence electrons. The molecule has 3 nitrogen and oxygen atoms in total. The molecule has 3 heteroatoms. The number of fused-ring (bicyclic) bond motifs is 1. The van der Waals surface area contributed by atoms with Gasteiger partial charge in [0.15, 0.2) is 5.75 Å². The van der Waals surface area contributed by atoms with E-state index in [2.05, 4.69) is 10.1 Å². The van der Waals surface area contributed by atoms with Crippen molar-refractivity contribution in [3.63, 3.8) is 0 Å². The Hall–Kier alpha value is -2.29. The molecule has 3 rings (SSSR count). The lowest BCUT2D eigenvalue weighted by Crippen LogP contribution is -1.82. The first kappa shape index (κ1) is 10.2. The summed E-state index contributed by atoms with van der Waals surface area (Å²) in [7, 11) is 0. The molecule has 0 saturated carbocycles. The van der Waals surface area contributed by atoms with E-state index >= 15 is 0 Å². The first-order chi connectivity index (χ1) is 7.97. The third-order valence-electron chi connectivity index (χ3n) is 1.99. The highest BCUT2D eigenvalue weighted by molar-refractivity contribution is 5.80. The highest BCUT2D eigenvalue weighted by Gasteiger charge is 1.99. The normalized spacial score (nSPS) is 11.8. The average Bonchev–Trinajstić information content (AvgIpc) is 2.81. The number of aromatic nitrogens is 1. The highest BCUT2D eigenvalue weighted by Crippen LogP contribution is 2.20. The van der Waals surface area contributed by atoms with E-state index < -0.39 is 0 Å². The van der Waals surface area contributed by atoms with Crippen LogP contribution >= 0.6 is 0 Å². The van der Waals surface area contributed by atoms with Crippen LogP contribution in [0.2, 0.25) is 0 Å². The molecule has 0 amide bonds. The van der Waals surface area contributed by atoms with Crippen LogP contribution in [-0.2, 0) is 0 Å². The van der Waals surface area contributed by atoms with E-state index in [1.807, 2.05) is 60.9 Å². The Morgan fingerprint density at radius 3 is 2.56 bits per heavy atom. The Balaban J connectivity index is 0.000000162. The molecule has 0 spiro atoms. The number of hydrogen-bond donors (Lipinski definition) is 1. The summed E-state index contributed by atoms with van der Waals surface area (Å²) in [6.45, 7) is 0. The number of para-hydroxylation sites is 1. The minimum absolute atomic E-state index is 0.803. The number of allylic oxidation sites excluding steroid dienone is 1. The molecule has 0 bridgehead atoms. The monoisotopic (exact) mass is 212 g/mol. The maximum Gasteiger partial charge on any atom is 0.165 e. The van der Waals surface area contributed by atoms with Gasteiger partial charge in [0, 0.05) is 18.0 Å². The Morgan fingerprint density at radius 2 is 1.81 bits per heavy atom. The Kier molecular flexibility index (Phi) is 3.55. The van der Waals surface area contributed by atoms with Crippen LogP contribution in [0, 0.1) is 0 Å². The maximum absolute atomic E-state index is 5.06. The van der Waals surface area contributed by atoms with Gasteiger partial charge < -0.3 is 9.82 Å². The van der Waals surface area contributed by atoms with Crippen molar-refractivity contribution in [3.05, 3.63) is 60.4 Å². The molecule has 0 aliphatic carbocycles. The number of rotatable bonds is 0. The van der Waals surface area contributed by atoms with Crippen LogP contribution in [0.25, 0.3) is 6.08 Å². The fourth-order valence-corrected chi connectivity index (χ4v) is 1.25. The van der Waals surface area contributed by atoms with Gasteiger partial charge in [-0.15, -0.1) is 0 Å². The smallest absolute Gasteiger partial charge is 0.165 e. The number of benzene rings is 1. The van der Waals surface area contributed by atoms with E-state index in [9.17, 15) is 0 Å². The van der Waals surface area contributed by atoms with Crippen LogP contribution in [0.3, 0.4) is 0 Å². The van der Waals surface area contributed by atoms with Gasteiger partial charge in [0.1, 0.15) is 0 Å². The van der Waals surface area contributed by atoms with Crippen molar-refractivity contribution in [3.8, 4) is 5.75 Å². The van der Waals surface area contributed by atoms with Crippen LogP contribution < -0.4 is 4.84 Å². The zero-order chi connectivity index (χ0) is 11.1. The fourth-order valence-electron chi connectivity index (χ4n) is 1.25. The molecule has 2 heterocycles. The van der Waals surface area contributed by atoms with Gasteiger partial charge in [-0.25, -0.2) is 0 Å². The lowest BCUT2D eigenvalue weighted by Gasteiger charge is -1.98. The van der Waals surface area contributed by atoms with E-state index in [-0.39, 0.29) is 0 Å². The number of H-pyrrole nitrogens is 1. The second kappa shape index (κ2) is 5.56. The van der Waals surface area contributed by atoms with E-state index in [1.165, 1.54) is 0 Å². The maximum atomic E-state index is 5.06. The van der Waals surface area contributed by atoms with Gasteiger partial charge in [0.2, 0.25) is 0 Å². The van der Waals surface area contributed by atoms with Crippen LogP contribution in [0.4, 0.5) is 0 Å². The zero-order valence-electron chi connectivity index (χ0n) is 8.71. The standard InChI is InChI=1S/C9H7NO.C4H5N/c1-2-6-9-8(4-1)5-3-7-10-11-9;1-2-4-5-3-1/h1-7H;1-5H. The van der Waals surface area contributed by atoms with Crippen LogP contribution in [-0.4, -0.2) is 11.2 Å². The highest BCUT2D eigenvalue weighted by atomic mass is 16.6. The van der Waals surface area contributed by atoms with Gasteiger partial charge in [0.05, 0.1) is 6.21 Å². The topological polar surface area (TPSA) is 37.4 Å². The van der Waals surface area contributed by atoms with Crippen LogP contribution in [0.5, 0.6) is 5.75 Å². The van der Waals surface area contributed by atoms with E-state index in [0.717, 1.165) is 11.3 Å². The summed E-state index contributed by atoms with van der Waals surface area (Å²) in [5.41, 5.74) is 1.06. The number of nitrogens with one attached hydrogen (secondary N) is 1. The summed E-state index contributed by atoms with van der Waals surface area (Å²) in [4.78, 5) is 7.92. The molecule has 1 aromatic carbocycles. The molecule has 1 N–H and O–H groups in total. The second-order valence-corrected chi connectivity index (χ2v) is 3.13. The van der Waals surface area contributed by atoms with Crippen molar-refractivity contribution in [2.45, 2.75) is 0 Å². The quantitative estimate of drug-likeness (QED) is 0.715. The molecule has 0 unspecified atom stereocenters.